The van der Waals surface area contributed by atoms with Gasteiger partial charge in [0.1, 0.15) is 0 Å². The van der Waals surface area contributed by atoms with Gasteiger partial charge in [0, 0.05) is 0 Å². The molecule has 0 radical (unpaired) electrons. The van der Waals surface area contributed by atoms with Crippen molar-refractivity contribution in [3.63, 3.8) is 0 Å². The van der Waals surface area contributed by atoms with Crippen LogP contribution in [0.5, 0.6) is 0 Å². The molecular formula is C15H26O. The summed E-state index contributed by atoms with van der Waals surface area (Å²) >= 11 is 0. The Morgan fingerprint density at radius 3 is 2.75 bits per heavy atom. The molecule has 0 aromatic carbocycles. The maximum Gasteiger partial charge on any atom is 0.0757 e. The molecule has 0 fully saturated rings. The minimum atomic E-state index is 0.325. The molecule has 0 unspecified atom stereocenters. The van der Waals surface area contributed by atoms with Crippen LogP contribution in [0.15, 0.2) is 24.3 Å². The number of ether oxygens (including phenoxy) is 1. The first kappa shape index (κ1) is 13.5. The summed E-state index contributed by atoms with van der Waals surface area (Å²) in [6, 6.07) is 0. The van der Waals surface area contributed by atoms with Crippen LogP contribution in [-0.4, -0.2) is 12.2 Å². The summed E-state index contributed by atoms with van der Waals surface area (Å²) in [5.41, 5.74) is 0. The Balaban J connectivity index is 2.42. The van der Waals surface area contributed by atoms with E-state index in [0.29, 0.717) is 12.2 Å². The molecule has 2 atom stereocenters. The van der Waals surface area contributed by atoms with Gasteiger partial charge in [-0.05, 0) is 25.7 Å². The van der Waals surface area contributed by atoms with E-state index in [1.807, 2.05) is 0 Å². The minimum absolute atomic E-state index is 0.325. The highest BCUT2D eigenvalue weighted by molar-refractivity contribution is 4.98. The van der Waals surface area contributed by atoms with E-state index in [9.17, 15) is 0 Å². The van der Waals surface area contributed by atoms with E-state index in [0.717, 1.165) is 19.3 Å². The van der Waals surface area contributed by atoms with Crippen LogP contribution in [0.4, 0.5) is 0 Å². The molecule has 0 N–H and O–H groups in total. The zero-order valence-corrected chi connectivity index (χ0v) is 10.8. The molecular weight excluding hydrogens is 196 g/mol. The molecule has 1 heteroatoms. The molecule has 0 amide bonds. The Kier molecular flexibility index (Phi) is 7.24. The van der Waals surface area contributed by atoms with Crippen molar-refractivity contribution in [1.82, 2.24) is 0 Å². The third-order valence-electron chi connectivity index (χ3n) is 3.09. The van der Waals surface area contributed by atoms with Crippen molar-refractivity contribution in [3.05, 3.63) is 24.3 Å². The normalized spacial score (nSPS) is 30.1. The molecule has 0 aromatic rings. The van der Waals surface area contributed by atoms with E-state index < -0.39 is 0 Å². The summed E-state index contributed by atoms with van der Waals surface area (Å²) in [6.45, 7) is 4.45. The van der Waals surface area contributed by atoms with Crippen molar-refractivity contribution in [3.8, 4) is 0 Å². The maximum atomic E-state index is 6.13. The second-order valence-electron chi connectivity index (χ2n) is 4.57. The highest BCUT2D eigenvalue weighted by atomic mass is 16.5. The SMILES string of the molecule is CCCCC[C@H]1C/C=C\C/C=C/[C@@H](CC)O1. The lowest BCUT2D eigenvalue weighted by atomic mass is 10.1. The number of hydrogen-bond acceptors (Lipinski definition) is 1. The average molecular weight is 222 g/mol. The monoisotopic (exact) mass is 222 g/mol. The van der Waals surface area contributed by atoms with E-state index in [1.165, 1.54) is 25.7 Å². The number of rotatable bonds is 5. The van der Waals surface area contributed by atoms with E-state index in [-0.39, 0.29) is 0 Å². The Bertz CT molecular complexity index is 217. The van der Waals surface area contributed by atoms with Crippen molar-refractivity contribution in [1.29, 1.82) is 0 Å². The van der Waals surface area contributed by atoms with Gasteiger partial charge in [-0.1, -0.05) is 57.4 Å². The van der Waals surface area contributed by atoms with Crippen LogP contribution < -0.4 is 0 Å². The zero-order chi connectivity index (χ0) is 11.6. The predicted molar refractivity (Wildman–Crippen MR) is 70.6 cm³/mol. The molecule has 1 heterocycles. The highest BCUT2D eigenvalue weighted by Crippen LogP contribution is 2.16. The maximum absolute atomic E-state index is 6.13. The molecule has 1 rings (SSSR count). The van der Waals surface area contributed by atoms with Gasteiger partial charge in [-0.25, -0.2) is 0 Å². The van der Waals surface area contributed by atoms with Crippen molar-refractivity contribution < 1.29 is 4.74 Å². The Morgan fingerprint density at radius 1 is 1.12 bits per heavy atom. The molecule has 1 aliphatic heterocycles. The van der Waals surface area contributed by atoms with Crippen LogP contribution in [0.25, 0.3) is 0 Å². The van der Waals surface area contributed by atoms with Gasteiger partial charge in [0.2, 0.25) is 0 Å². The molecule has 1 aliphatic rings. The first-order valence-corrected chi connectivity index (χ1v) is 6.84. The lowest BCUT2D eigenvalue weighted by Gasteiger charge is -2.21. The van der Waals surface area contributed by atoms with Crippen molar-refractivity contribution >= 4 is 0 Å². The molecule has 0 aromatic heterocycles. The number of unbranched alkanes of at least 4 members (excludes halogenated alkanes) is 2. The molecule has 0 bridgehead atoms. The summed E-state index contributed by atoms with van der Waals surface area (Å²) in [4.78, 5) is 0. The molecule has 0 aliphatic carbocycles. The Morgan fingerprint density at radius 2 is 2.00 bits per heavy atom. The predicted octanol–water partition coefficient (Wildman–Crippen LogP) is 4.64. The van der Waals surface area contributed by atoms with Crippen molar-refractivity contribution in [2.24, 2.45) is 0 Å². The quantitative estimate of drug-likeness (QED) is 0.486. The van der Waals surface area contributed by atoms with Crippen molar-refractivity contribution in [2.45, 2.75) is 71.0 Å². The van der Waals surface area contributed by atoms with Gasteiger partial charge in [-0.3, -0.25) is 0 Å². The lowest BCUT2D eigenvalue weighted by Crippen LogP contribution is -2.19. The molecule has 1 nitrogen and oxygen atoms in total. The van der Waals surface area contributed by atoms with Gasteiger partial charge in [0.15, 0.2) is 0 Å². The smallest absolute Gasteiger partial charge is 0.0757 e. The van der Waals surface area contributed by atoms with E-state index in [2.05, 4.69) is 38.2 Å². The first-order chi connectivity index (χ1) is 7.86. The third-order valence-corrected chi connectivity index (χ3v) is 3.09. The largest absolute Gasteiger partial charge is 0.371 e. The van der Waals surface area contributed by atoms with Gasteiger partial charge in [-0.2, -0.15) is 0 Å². The summed E-state index contributed by atoms with van der Waals surface area (Å²) in [5.74, 6) is 0. The second kappa shape index (κ2) is 8.58. The lowest BCUT2D eigenvalue weighted by molar-refractivity contribution is 0.00766. The summed E-state index contributed by atoms with van der Waals surface area (Å²) in [7, 11) is 0. The number of allylic oxidation sites excluding steroid dienone is 2. The molecule has 16 heavy (non-hydrogen) atoms. The van der Waals surface area contributed by atoms with Gasteiger partial charge in [-0.15, -0.1) is 0 Å². The van der Waals surface area contributed by atoms with Crippen LogP contribution in [-0.2, 0) is 4.74 Å². The van der Waals surface area contributed by atoms with Gasteiger partial charge in [0.25, 0.3) is 0 Å². The van der Waals surface area contributed by atoms with Gasteiger partial charge < -0.3 is 4.74 Å². The average Bonchev–Trinajstić information content (AvgIpc) is 2.41. The van der Waals surface area contributed by atoms with E-state index in [1.54, 1.807) is 0 Å². The molecule has 0 spiro atoms. The van der Waals surface area contributed by atoms with Crippen LogP contribution >= 0.6 is 0 Å². The van der Waals surface area contributed by atoms with Gasteiger partial charge in [0.05, 0.1) is 12.2 Å². The fourth-order valence-corrected chi connectivity index (χ4v) is 2.04. The van der Waals surface area contributed by atoms with Crippen LogP contribution in [0.2, 0.25) is 0 Å². The first-order valence-electron chi connectivity index (χ1n) is 6.84. The third kappa shape index (κ3) is 5.50. The fraction of sp³-hybridized carbons (Fsp3) is 0.733. The standard InChI is InChI=1S/C15H26O/c1-3-5-8-12-15-13-10-7-6-9-11-14(4-2)16-15/h7,9-11,14-15H,3-6,8,12-13H2,1-2H3/b10-7-,11-9+/t14-,15+/m1/s1. The summed E-state index contributed by atoms with van der Waals surface area (Å²) < 4.78 is 6.13. The van der Waals surface area contributed by atoms with E-state index in [4.69, 9.17) is 4.74 Å². The Hall–Kier alpha value is -0.560. The topological polar surface area (TPSA) is 9.23 Å². The highest BCUT2D eigenvalue weighted by Gasteiger charge is 2.12. The second-order valence-corrected chi connectivity index (χ2v) is 4.57. The molecule has 92 valence electrons. The summed E-state index contributed by atoms with van der Waals surface area (Å²) in [5, 5.41) is 0. The summed E-state index contributed by atoms with van der Waals surface area (Å²) in [6.07, 6.45) is 18.1. The Labute approximate surface area is 101 Å². The number of hydrogen-bond donors (Lipinski definition) is 0. The van der Waals surface area contributed by atoms with Crippen molar-refractivity contribution in [2.75, 3.05) is 0 Å². The molecule has 0 saturated heterocycles. The van der Waals surface area contributed by atoms with Crippen LogP contribution in [0, 0.1) is 0 Å². The fourth-order valence-electron chi connectivity index (χ4n) is 2.04. The molecule has 0 saturated carbocycles. The van der Waals surface area contributed by atoms with Crippen LogP contribution in [0.3, 0.4) is 0 Å². The zero-order valence-electron chi connectivity index (χ0n) is 10.8. The minimum Gasteiger partial charge on any atom is -0.371 e. The van der Waals surface area contributed by atoms with Gasteiger partial charge >= 0.3 is 0 Å². The van der Waals surface area contributed by atoms with Crippen LogP contribution in [0.1, 0.15) is 58.8 Å². The van der Waals surface area contributed by atoms with E-state index >= 15 is 0 Å².